The number of amides is 1. The first-order valence-electron chi connectivity index (χ1n) is 11.4. The number of carbonyl (C=O) groups is 1. The molecule has 2 aliphatic heterocycles. The van der Waals surface area contributed by atoms with Crippen molar-refractivity contribution in [2.75, 3.05) is 18.4 Å². The van der Waals surface area contributed by atoms with Crippen LogP contribution in [0.3, 0.4) is 0 Å². The van der Waals surface area contributed by atoms with E-state index >= 15 is 0 Å². The van der Waals surface area contributed by atoms with Crippen molar-refractivity contribution >= 4 is 34.9 Å². The highest BCUT2D eigenvalue weighted by Crippen LogP contribution is 2.43. The van der Waals surface area contributed by atoms with Crippen molar-refractivity contribution in [1.82, 2.24) is 14.7 Å². The first-order chi connectivity index (χ1) is 15.1. The number of carbonyl (C=O) groups excluding carboxylic acids is 1. The van der Waals surface area contributed by atoms with Gasteiger partial charge in [0, 0.05) is 24.9 Å². The topological polar surface area (TPSA) is 50.2 Å². The van der Waals surface area contributed by atoms with Crippen molar-refractivity contribution in [2.45, 2.75) is 57.4 Å². The Balaban J connectivity index is 1.66. The molecule has 1 aromatic carbocycles. The van der Waals surface area contributed by atoms with Crippen LogP contribution in [0, 0.1) is 5.92 Å². The van der Waals surface area contributed by atoms with Crippen molar-refractivity contribution in [2.24, 2.45) is 5.92 Å². The van der Waals surface area contributed by atoms with E-state index in [4.69, 9.17) is 23.2 Å². The van der Waals surface area contributed by atoms with E-state index in [1.54, 1.807) is 6.20 Å². The summed E-state index contributed by atoms with van der Waals surface area (Å²) in [7, 11) is 0. The maximum Gasteiger partial charge on any atom is 0.254 e. The first-order valence-corrected chi connectivity index (χ1v) is 12.2. The molecule has 1 saturated carbocycles. The fourth-order valence-electron chi connectivity index (χ4n) is 5.30. The molecule has 1 aromatic heterocycles. The zero-order valence-electron chi connectivity index (χ0n) is 17.6. The number of hydrogen-bond donors (Lipinski definition) is 1. The standard InChI is InChI=1S/C24H28Cl2N4O/c25-18-10-9-17(15-19(18)26)23-21(24(31)29-13-5-2-6-14-29)22(16-7-3-1-4-8-16)28-20-11-12-27-30(20)23/h9-12,15-16,23,28H,1-8,13-14H2. The van der Waals surface area contributed by atoms with Crippen molar-refractivity contribution in [3.8, 4) is 0 Å². The number of hydrogen-bond acceptors (Lipinski definition) is 3. The van der Waals surface area contributed by atoms with Gasteiger partial charge in [0.25, 0.3) is 5.91 Å². The second-order valence-corrected chi connectivity index (χ2v) is 9.69. The Labute approximate surface area is 193 Å². The molecule has 0 bridgehead atoms. The Morgan fingerprint density at radius 1 is 0.968 bits per heavy atom. The summed E-state index contributed by atoms with van der Waals surface area (Å²) >= 11 is 12.6. The second kappa shape index (κ2) is 8.87. The third-order valence-electron chi connectivity index (χ3n) is 6.89. The molecule has 2 aromatic rings. The molecule has 1 unspecified atom stereocenters. The smallest absolute Gasteiger partial charge is 0.254 e. The predicted molar refractivity (Wildman–Crippen MR) is 124 cm³/mol. The van der Waals surface area contributed by atoms with Gasteiger partial charge in [-0.15, -0.1) is 0 Å². The van der Waals surface area contributed by atoms with Gasteiger partial charge in [-0.1, -0.05) is 48.5 Å². The normalized spacial score (nSPS) is 22.3. The molecule has 3 heterocycles. The molecule has 1 aliphatic carbocycles. The van der Waals surface area contributed by atoms with Crippen molar-refractivity contribution in [1.29, 1.82) is 0 Å². The lowest BCUT2D eigenvalue weighted by atomic mass is 9.81. The van der Waals surface area contributed by atoms with Crippen LogP contribution >= 0.6 is 23.2 Å². The molecule has 5 rings (SSSR count). The van der Waals surface area contributed by atoms with E-state index in [0.29, 0.717) is 16.0 Å². The van der Waals surface area contributed by atoms with Crippen molar-refractivity contribution < 1.29 is 4.79 Å². The van der Waals surface area contributed by atoms with Gasteiger partial charge in [0.15, 0.2) is 0 Å². The Morgan fingerprint density at radius 3 is 2.45 bits per heavy atom. The molecule has 1 saturated heterocycles. The number of nitrogens with zero attached hydrogens (tertiary/aromatic N) is 3. The molecular formula is C24H28Cl2N4O. The van der Waals surface area contributed by atoms with E-state index in [-0.39, 0.29) is 11.9 Å². The summed E-state index contributed by atoms with van der Waals surface area (Å²) in [5.41, 5.74) is 2.84. The van der Waals surface area contributed by atoms with E-state index in [1.807, 2.05) is 33.8 Å². The van der Waals surface area contributed by atoms with Gasteiger partial charge in [0.2, 0.25) is 0 Å². The molecule has 5 nitrogen and oxygen atoms in total. The minimum atomic E-state index is -0.313. The number of allylic oxidation sites excluding steroid dienone is 1. The number of rotatable bonds is 3. The van der Waals surface area contributed by atoms with E-state index in [1.165, 1.54) is 25.7 Å². The molecule has 31 heavy (non-hydrogen) atoms. The van der Waals surface area contributed by atoms with Crippen LogP contribution in [0.25, 0.3) is 0 Å². The van der Waals surface area contributed by atoms with Crippen LogP contribution in [-0.4, -0.2) is 33.7 Å². The fraction of sp³-hybridized carbons (Fsp3) is 0.500. The van der Waals surface area contributed by atoms with E-state index in [0.717, 1.165) is 61.4 Å². The molecule has 1 N–H and O–H groups in total. The largest absolute Gasteiger partial charge is 0.343 e. The molecule has 0 radical (unpaired) electrons. The quantitative estimate of drug-likeness (QED) is 0.608. The van der Waals surface area contributed by atoms with Gasteiger partial charge in [-0.25, -0.2) is 4.68 Å². The summed E-state index contributed by atoms with van der Waals surface area (Å²) in [5.74, 6) is 1.42. The Morgan fingerprint density at radius 2 is 1.71 bits per heavy atom. The number of piperidine rings is 1. The van der Waals surface area contributed by atoms with Crippen LogP contribution in [0.4, 0.5) is 5.82 Å². The highest BCUT2D eigenvalue weighted by atomic mass is 35.5. The SMILES string of the molecule is O=C(C1=C(C2CCCCC2)Nc2ccnn2C1c1ccc(Cl)c(Cl)c1)N1CCCCC1. The Bertz CT molecular complexity index is 1000. The third kappa shape index (κ3) is 3.98. The highest BCUT2D eigenvalue weighted by Gasteiger charge is 2.39. The molecule has 0 spiro atoms. The van der Waals surface area contributed by atoms with E-state index in [9.17, 15) is 4.79 Å². The molecular weight excluding hydrogens is 431 g/mol. The van der Waals surface area contributed by atoms with Gasteiger partial charge in [-0.3, -0.25) is 4.79 Å². The van der Waals surface area contributed by atoms with Gasteiger partial charge in [-0.05, 0) is 55.7 Å². The van der Waals surface area contributed by atoms with Gasteiger partial charge in [-0.2, -0.15) is 5.10 Å². The summed E-state index contributed by atoms with van der Waals surface area (Å²) < 4.78 is 1.92. The van der Waals surface area contributed by atoms with Gasteiger partial charge >= 0.3 is 0 Å². The maximum atomic E-state index is 14.0. The molecule has 1 amide bonds. The minimum absolute atomic E-state index is 0.130. The third-order valence-corrected chi connectivity index (χ3v) is 7.63. The highest BCUT2D eigenvalue weighted by molar-refractivity contribution is 6.42. The van der Waals surface area contributed by atoms with Crippen LogP contribution in [0.1, 0.15) is 63.0 Å². The summed E-state index contributed by atoms with van der Waals surface area (Å²) in [6, 6.07) is 7.33. The Hall–Kier alpha value is -1.98. The lowest BCUT2D eigenvalue weighted by molar-refractivity contribution is -0.128. The summed E-state index contributed by atoms with van der Waals surface area (Å²) in [6.07, 6.45) is 11.0. The number of benzene rings is 1. The number of halogens is 2. The molecule has 164 valence electrons. The predicted octanol–water partition coefficient (Wildman–Crippen LogP) is 6.05. The van der Waals surface area contributed by atoms with Crippen molar-refractivity contribution in [3.05, 3.63) is 57.3 Å². The summed E-state index contributed by atoms with van der Waals surface area (Å²) in [5, 5.41) is 9.22. The number of nitrogens with one attached hydrogen (secondary N) is 1. The first kappa shape index (κ1) is 20.9. The second-order valence-electron chi connectivity index (χ2n) is 8.88. The van der Waals surface area contributed by atoms with Gasteiger partial charge in [0.1, 0.15) is 11.9 Å². The van der Waals surface area contributed by atoms with E-state index in [2.05, 4.69) is 10.4 Å². The number of anilines is 1. The van der Waals surface area contributed by atoms with Gasteiger partial charge in [0.05, 0.1) is 21.8 Å². The molecule has 2 fully saturated rings. The maximum absolute atomic E-state index is 14.0. The number of likely N-dealkylation sites (tertiary alicyclic amines) is 1. The average Bonchev–Trinajstić information content (AvgIpc) is 3.29. The van der Waals surface area contributed by atoms with E-state index < -0.39 is 0 Å². The van der Waals surface area contributed by atoms with Crippen LogP contribution in [0.5, 0.6) is 0 Å². The lowest BCUT2D eigenvalue weighted by Gasteiger charge is -2.38. The fourth-order valence-corrected chi connectivity index (χ4v) is 5.60. The van der Waals surface area contributed by atoms with Crippen LogP contribution < -0.4 is 5.32 Å². The molecule has 7 heteroatoms. The molecule has 3 aliphatic rings. The monoisotopic (exact) mass is 458 g/mol. The lowest BCUT2D eigenvalue weighted by Crippen LogP contribution is -2.42. The van der Waals surface area contributed by atoms with Crippen LogP contribution in [0.15, 0.2) is 41.7 Å². The van der Waals surface area contributed by atoms with Gasteiger partial charge < -0.3 is 10.2 Å². The number of fused-ring (bicyclic) bond motifs is 1. The Kier molecular flexibility index (Phi) is 5.98. The van der Waals surface area contributed by atoms with Crippen LogP contribution in [-0.2, 0) is 4.79 Å². The zero-order valence-corrected chi connectivity index (χ0v) is 19.1. The zero-order chi connectivity index (χ0) is 21.4. The van der Waals surface area contributed by atoms with Crippen LogP contribution in [0.2, 0.25) is 10.0 Å². The van der Waals surface area contributed by atoms with Crippen molar-refractivity contribution in [3.63, 3.8) is 0 Å². The number of aromatic nitrogens is 2. The summed E-state index contributed by atoms with van der Waals surface area (Å²) in [6.45, 7) is 1.64. The summed E-state index contributed by atoms with van der Waals surface area (Å²) in [4.78, 5) is 16.0. The minimum Gasteiger partial charge on any atom is -0.343 e. The average molecular weight is 459 g/mol. The molecule has 1 atom stereocenters.